The van der Waals surface area contributed by atoms with Crippen molar-refractivity contribution in [2.75, 3.05) is 26.7 Å². The van der Waals surface area contributed by atoms with Crippen molar-refractivity contribution < 1.29 is 4.74 Å². The molecule has 2 saturated heterocycles. The molecule has 1 spiro atoms. The molecule has 0 aromatic heterocycles. The van der Waals surface area contributed by atoms with Crippen LogP contribution in [0.3, 0.4) is 0 Å². The molecule has 0 aromatic rings. The van der Waals surface area contributed by atoms with Crippen molar-refractivity contribution in [3.63, 3.8) is 0 Å². The van der Waals surface area contributed by atoms with Gasteiger partial charge in [0.05, 0.1) is 12.7 Å². The Hall–Kier alpha value is -0.0800. The summed E-state index contributed by atoms with van der Waals surface area (Å²) in [6.07, 6.45) is 5.88. The molecule has 2 fully saturated rings. The van der Waals surface area contributed by atoms with Gasteiger partial charge < -0.3 is 9.64 Å². The van der Waals surface area contributed by atoms with E-state index in [9.17, 15) is 0 Å². The van der Waals surface area contributed by atoms with E-state index in [1.165, 1.54) is 38.8 Å². The Balaban J connectivity index is 1.86. The molecule has 1 atom stereocenters. The molecule has 0 radical (unpaired) electrons. The highest BCUT2D eigenvalue weighted by atomic mass is 16.5. The van der Waals surface area contributed by atoms with Crippen LogP contribution in [0, 0.1) is 11.3 Å². The number of rotatable bonds is 1. The monoisotopic (exact) mass is 211 g/mol. The van der Waals surface area contributed by atoms with Crippen molar-refractivity contribution in [2.45, 2.75) is 45.6 Å². The molecule has 0 aromatic carbocycles. The van der Waals surface area contributed by atoms with Crippen molar-refractivity contribution in [1.82, 2.24) is 4.90 Å². The van der Waals surface area contributed by atoms with Gasteiger partial charge in [-0.25, -0.2) is 0 Å². The van der Waals surface area contributed by atoms with Gasteiger partial charge in [0.25, 0.3) is 0 Å². The van der Waals surface area contributed by atoms with Crippen LogP contribution < -0.4 is 0 Å². The summed E-state index contributed by atoms with van der Waals surface area (Å²) in [6, 6.07) is 0. The molecule has 2 rings (SSSR count). The molecule has 0 saturated carbocycles. The summed E-state index contributed by atoms with van der Waals surface area (Å²) in [7, 11) is 2.23. The minimum absolute atomic E-state index is 0.523. The smallest absolute Gasteiger partial charge is 0.0598 e. The second-order valence-corrected chi connectivity index (χ2v) is 5.94. The van der Waals surface area contributed by atoms with Gasteiger partial charge in [-0.1, -0.05) is 13.8 Å². The van der Waals surface area contributed by atoms with Gasteiger partial charge >= 0.3 is 0 Å². The second-order valence-electron chi connectivity index (χ2n) is 5.94. The van der Waals surface area contributed by atoms with E-state index in [1.807, 2.05) is 0 Å². The second kappa shape index (κ2) is 4.42. The molecule has 15 heavy (non-hydrogen) atoms. The molecular formula is C13H25NO. The van der Waals surface area contributed by atoms with E-state index in [0.717, 1.165) is 6.61 Å². The molecule has 1 unspecified atom stereocenters. The van der Waals surface area contributed by atoms with Crippen molar-refractivity contribution in [3.05, 3.63) is 0 Å². The summed E-state index contributed by atoms with van der Waals surface area (Å²) in [5, 5.41) is 0. The number of piperidine rings is 1. The van der Waals surface area contributed by atoms with Gasteiger partial charge in [0.1, 0.15) is 0 Å². The number of ether oxygens (including phenoxy) is 1. The predicted molar refractivity (Wildman–Crippen MR) is 63.0 cm³/mol. The van der Waals surface area contributed by atoms with E-state index in [2.05, 4.69) is 25.8 Å². The number of likely N-dealkylation sites (tertiary alicyclic amines) is 1. The molecule has 0 N–H and O–H groups in total. The van der Waals surface area contributed by atoms with Crippen LogP contribution in [0.15, 0.2) is 0 Å². The molecule has 2 heteroatoms. The molecule has 2 heterocycles. The van der Waals surface area contributed by atoms with Crippen molar-refractivity contribution in [1.29, 1.82) is 0 Å². The summed E-state index contributed by atoms with van der Waals surface area (Å²) in [5.41, 5.74) is 0.540. The maximum absolute atomic E-state index is 6.05. The molecule has 2 aliphatic rings. The highest BCUT2D eigenvalue weighted by molar-refractivity contribution is 4.89. The normalized spacial score (nSPS) is 32.4. The topological polar surface area (TPSA) is 12.5 Å². The first kappa shape index (κ1) is 11.4. The van der Waals surface area contributed by atoms with Crippen LogP contribution in [0.1, 0.15) is 39.5 Å². The van der Waals surface area contributed by atoms with Crippen molar-refractivity contribution in [2.24, 2.45) is 11.3 Å². The van der Waals surface area contributed by atoms with Gasteiger partial charge in [0.15, 0.2) is 0 Å². The summed E-state index contributed by atoms with van der Waals surface area (Å²) in [4.78, 5) is 2.44. The molecular weight excluding hydrogens is 186 g/mol. The van der Waals surface area contributed by atoms with Gasteiger partial charge in [-0.3, -0.25) is 0 Å². The van der Waals surface area contributed by atoms with E-state index in [4.69, 9.17) is 4.74 Å². The standard InChI is InChI=1S/C13H25NO/c1-11(2)12-4-5-13(10-15-12)6-8-14(3)9-7-13/h11-12H,4-10H2,1-3H3. The quantitative estimate of drug-likeness (QED) is 0.661. The third-order valence-corrected chi connectivity index (χ3v) is 4.35. The van der Waals surface area contributed by atoms with E-state index >= 15 is 0 Å². The first-order valence-electron chi connectivity index (χ1n) is 6.41. The maximum atomic E-state index is 6.05. The van der Waals surface area contributed by atoms with Crippen LogP contribution in [-0.2, 0) is 4.74 Å². The number of hydrogen-bond acceptors (Lipinski definition) is 2. The first-order chi connectivity index (χ1) is 7.11. The average molecular weight is 211 g/mol. The Morgan fingerprint density at radius 3 is 2.33 bits per heavy atom. The van der Waals surface area contributed by atoms with E-state index < -0.39 is 0 Å². The SMILES string of the molecule is CC(C)C1CCC2(CCN(C)CC2)CO1. The maximum Gasteiger partial charge on any atom is 0.0598 e. The third-order valence-electron chi connectivity index (χ3n) is 4.35. The fourth-order valence-electron chi connectivity index (χ4n) is 2.90. The Kier molecular flexibility index (Phi) is 3.36. The molecule has 0 bridgehead atoms. The van der Waals surface area contributed by atoms with Gasteiger partial charge in [0, 0.05) is 0 Å². The minimum atomic E-state index is 0.523. The Morgan fingerprint density at radius 1 is 1.20 bits per heavy atom. The molecule has 0 amide bonds. The van der Waals surface area contributed by atoms with Gasteiger partial charge in [-0.05, 0) is 57.2 Å². The lowest BCUT2D eigenvalue weighted by Gasteiger charge is -2.45. The zero-order valence-electron chi connectivity index (χ0n) is 10.5. The van der Waals surface area contributed by atoms with E-state index in [1.54, 1.807) is 0 Å². The van der Waals surface area contributed by atoms with Gasteiger partial charge in [-0.2, -0.15) is 0 Å². The Bertz CT molecular complexity index is 197. The van der Waals surface area contributed by atoms with Crippen LogP contribution in [0.4, 0.5) is 0 Å². The lowest BCUT2D eigenvalue weighted by molar-refractivity contribution is -0.0988. The lowest BCUT2D eigenvalue weighted by Crippen LogP contribution is -2.45. The van der Waals surface area contributed by atoms with Gasteiger partial charge in [0.2, 0.25) is 0 Å². The van der Waals surface area contributed by atoms with Crippen LogP contribution in [0.2, 0.25) is 0 Å². The summed E-state index contributed by atoms with van der Waals surface area (Å²) >= 11 is 0. The summed E-state index contributed by atoms with van der Waals surface area (Å²) in [5.74, 6) is 0.689. The summed E-state index contributed by atoms with van der Waals surface area (Å²) in [6.45, 7) is 8.09. The third kappa shape index (κ3) is 2.54. The fraction of sp³-hybridized carbons (Fsp3) is 1.00. The zero-order chi connectivity index (χ0) is 10.9. The van der Waals surface area contributed by atoms with Crippen molar-refractivity contribution >= 4 is 0 Å². The lowest BCUT2D eigenvalue weighted by atomic mass is 9.73. The minimum Gasteiger partial charge on any atom is -0.377 e. The highest BCUT2D eigenvalue weighted by Gasteiger charge is 2.38. The van der Waals surface area contributed by atoms with Crippen molar-refractivity contribution in [3.8, 4) is 0 Å². The number of nitrogens with zero attached hydrogens (tertiary/aromatic N) is 1. The zero-order valence-corrected chi connectivity index (χ0v) is 10.5. The van der Waals surface area contributed by atoms with Crippen LogP contribution >= 0.6 is 0 Å². The first-order valence-corrected chi connectivity index (χ1v) is 6.41. The fourth-order valence-corrected chi connectivity index (χ4v) is 2.90. The molecule has 2 nitrogen and oxygen atoms in total. The van der Waals surface area contributed by atoms with E-state index in [0.29, 0.717) is 17.4 Å². The van der Waals surface area contributed by atoms with E-state index in [-0.39, 0.29) is 0 Å². The molecule has 2 aliphatic heterocycles. The predicted octanol–water partition coefficient (Wildman–Crippen LogP) is 2.53. The van der Waals surface area contributed by atoms with Crippen LogP contribution in [0.25, 0.3) is 0 Å². The largest absolute Gasteiger partial charge is 0.377 e. The van der Waals surface area contributed by atoms with Crippen LogP contribution in [-0.4, -0.2) is 37.7 Å². The number of hydrogen-bond donors (Lipinski definition) is 0. The van der Waals surface area contributed by atoms with Crippen LogP contribution in [0.5, 0.6) is 0 Å². The van der Waals surface area contributed by atoms with Gasteiger partial charge in [-0.15, -0.1) is 0 Å². The Morgan fingerprint density at radius 2 is 1.87 bits per heavy atom. The Labute approximate surface area is 94.0 Å². The molecule has 88 valence electrons. The highest BCUT2D eigenvalue weighted by Crippen LogP contribution is 2.41. The molecule has 0 aliphatic carbocycles. The average Bonchev–Trinajstić information content (AvgIpc) is 2.24. The summed E-state index contributed by atoms with van der Waals surface area (Å²) < 4.78 is 6.05.